The van der Waals surface area contributed by atoms with Crippen LogP contribution in [0.15, 0.2) is 24.3 Å². The van der Waals surface area contributed by atoms with Gasteiger partial charge in [0, 0.05) is 24.6 Å². The van der Waals surface area contributed by atoms with Gasteiger partial charge in [0.2, 0.25) is 5.91 Å². The Kier molecular flexibility index (Phi) is 6.23. The van der Waals surface area contributed by atoms with E-state index < -0.39 is 5.54 Å². The van der Waals surface area contributed by atoms with Gasteiger partial charge in [-0.1, -0.05) is 57.7 Å². The average Bonchev–Trinajstić information content (AvgIpc) is 2.90. The molecule has 0 radical (unpaired) electrons. The molecule has 1 aromatic rings. The standard InChI is InChI=1S/C23H34N2O2/c1-17(2)14-15-25-21(26)20-13-9-8-10-18(20)16-23(25,3)22(27)24-19-11-6-4-5-7-12-19/h8-10,13,17,19H,4-7,11-12,14-16H2,1-3H3,(H,24,27)/t23-/m1/s1. The van der Waals surface area contributed by atoms with E-state index in [4.69, 9.17) is 0 Å². The minimum absolute atomic E-state index is 0.00369. The average molecular weight is 371 g/mol. The van der Waals surface area contributed by atoms with Crippen LogP contribution in [0.3, 0.4) is 0 Å². The molecule has 1 saturated carbocycles. The Labute approximate surface area is 163 Å². The summed E-state index contributed by atoms with van der Waals surface area (Å²) < 4.78 is 0. The van der Waals surface area contributed by atoms with Crippen molar-refractivity contribution in [3.8, 4) is 0 Å². The number of carbonyl (C=O) groups excluding carboxylic acids is 2. The van der Waals surface area contributed by atoms with Crippen LogP contribution >= 0.6 is 0 Å². The first-order valence-electron chi connectivity index (χ1n) is 10.6. The number of fused-ring (bicyclic) bond motifs is 1. The molecule has 2 amide bonds. The van der Waals surface area contributed by atoms with Crippen LogP contribution in [0.25, 0.3) is 0 Å². The number of hydrogen-bond acceptors (Lipinski definition) is 2. The normalized spacial score (nSPS) is 23.9. The Morgan fingerprint density at radius 1 is 1.19 bits per heavy atom. The van der Waals surface area contributed by atoms with E-state index >= 15 is 0 Å². The molecule has 1 aliphatic heterocycles. The van der Waals surface area contributed by atoms with Gasteiger partial charge in [-0.15, -0.1) is 0 Å². The maximum atomic E-state index is 13.4. The second-order valence-corrected chi connectivity index (χ2v) is 8.91. The first kappa shape index (κ1) is 19.9. The molecule has 3 rings (SSSR count). The molecule has 1 aromatic carbocycles. The zero-order valence-electron chi connectivity index (χ0n) is 17.1. The van der Waals surface area contributed by atoms with Crippen LogP contribution in [0, 0.1) is 5.92 Å². The highest BCUT2D eigenvalue weighted by molar-refractivity contribution is 6.02. The van der Waals surface area contributed by atoms with E-state index in [1.165, 1.54) is 25.7 Å². The molecule has 1 heterocycles. The number of nitrogens with one attached hydrogen (secondary N) is 1. The highest BCUT2D eigenvalue weighted by Crippen LogP contribution is 2.32. The summed E-state index contributed by atoms with van der Waals surface area (Å²) in [5.74, 6) is 0.501. The van der Waals surface area contributed by atoms with Gasteiger partial charge < -0.3 is 10.2 Å². The Bertz CT molecular complexity index is 677. The van der Waals surface area contributed by atoms with E-state index in [2.05, 4.69) is 19.2 Å². The number of carbonyl (C=O) groups is 2. The largest absolute Gasteiger partial charge is 0.351 e. The van der Waals surface area contributed by atoms with Gasteiger partial charge in [-0.25, -0.2) is 0 Å². The summed E-state index contributed by atoms with van der Waals surface area (Å²) in [5.41, 5.74) is 0.926. The minimum Gasteiger partial charge on any atom is -0.351 e. The van der Waals surface area contributed by atoms with Crippen LogP contribution in [0.1, 0.15) is 81.6 Å². The molecule has 4 heteroatoms. The first-order chi connectivity index (χ1) is 12.9. The molecular weight excluding hydrogens is 336 g/mol. The third-order valence-electron chi connectivity index (χ3n) is 6.23. The van der Waals surface area contributed by atoms with E-state index in [9.17, 15) is 9.59 Å². The third-order valence-corrected chi connectivity index (χ3v) is 6.23. The van der Waals surface area contributed by atoms with Crippen molar-refractivity contribution in [2.24, 2.45) is 5.92 Å². The predicted octanol–water partition coefficient (Wildman–Crippen LogP) is 4.33. The van der Waals surface area contributed by atoms with Crippen LogP contribution in [0.4, 0.5) is 0 Å². The number of nitrogens with zero attached hydrogens (tertiary/aromatic N) is 1. The second-order valence-electron chi connectivity index (χ2n) is 8.91. The molecule has 1 N–H and O–H groups in total. The summed E-state index contributed by atoms with van der Waals surface area (Å²) in [6, 6.07) is 7.99. The molecule has 0 saturated heterocycles. The van der Waals surface area contributed by atoms with Gasteiger partial charge in [-0.3, -0.25) is 9.59 Å². The number of hydrogen-bond donors (Lipinski definition) is 1. The Morgan fingerprint density at radius 3 is 2.52 bits per heavy atom. The smallest absolute Gasteiger partial charge is 0.255 e. The van der Waals surface area contributed by atoms with Crippen molar-refractivity contribution in [1.82, 2.24) is 10.2 Å². The van der Waals surface area contributed by atoms with Gasteiger partial charge in [0.15, 0.2) is 0 Å². The lowest BCUT2D eigenvalue weighted by molar-refractivity contribution is -0.132. The van der Waals surface area contributed by atoms with E-state index in [0.29, 0.717) is 18.9 Å². The van der Waals surface area contributed by atoms with Crippen molar-refractivity contribution in [2.75, 3.05) is 6.54 Å². The molecule has 1 atom stereocenters. The van der Waals surface area contributed by atoms with Crippen LogP contribution < -0.4 is 5.32 Å². The lowest BCUT2D eigenvalue weighted by Crippen LogP contribution is -2.63. The minimum atomic E-state index is -0.813. The molecular formula is C23H34N2O2. The van der Waals surface area contributed by atoms with Crippen molar-refractivity contribution in [3.63, 3.8) is 0 Å². The maximum absolute atomic E-state index is 13.4. The fourth-order valence-electron chi connectivity index (χ4n) is 4.42. The van der Waals surface area contributed by atoms with Gasteiger partial charge in [-0.2, -0.15) is 0 Å². The summed E-state index contributed by atoms with van der Waals surface area (Å²) >= 11 is 0. The zero-order chi connectivity index (χ0) is 19.4. The summed E-state index contributed by atoms with van der Waals surface area (Å²) in [7, 11) is 0. The van der Waals surface area contributed by atoms with Gasteiger partial charge in [-0.05, 0) is 43.7 Å². The molecule has 0 bridgehead atoms. The van der Waals surface area contributed by atoms with Crippen molar-refractivity contribution in [3.05, 3.63) is 35.4 Å². The predicted molar refractivity (Wildman–Crippen MR) is 109 cm³/mol. The fraction of sp³-hybridized carbons (Fsp3) is 0.652. The SMILES string of the molecule is CC(C)CCN1C(=O)c2ccccc2C[C@]1(C)C(=O)NC1CCCCCC1. The van der Waals surface area contributed by atoms with E-state index in [-0.39, 0.29) is 17.9 Å². The van der Waals surface area contributed by atoms with E-state index in [1.54, 1.807) is 0 Å². The van der Waals surface area contributed by atoms with Crippen molar-refractivity contribution in [2.45, 2.75) is 83.7 Å². The quantitative estimate of drug-likeness (QED) is 0.784. The van der Waals surface area contributed by atoms with Crippen molar-refractivity contribution >= 4 is 11.8 Å². The topological polar surface area (TPSA) is 49.4 Å². The molecule has 2 aliphatic rings. The molecule has 0 aromatic heterocycles. The van der Waals surface area contributed by atoms with Gasteiger partial charge in [0.05, 0.1) is 0 Å². The first-order valence-corrected chi connectivity index (χ1v) is 10.6. The lowest BCUT2D eigenvalue weighted by Gasteiger charge is -2.45. The Morgan fingerprint density at radius 2 is 1.85 bits per heavy atom. The molecule has 148 valence electrons. The van der Waals surface area contributed by atoms with Gasteiger partial charge in [0.25, 0.3) is 5.91 Å². The third kappa shape index (κ3) is 4.36. The van der Waals surface area contributed by atoms with Gasteiger partial charge >= 0.3 is 0 Å². The second kappa shape index (κ2) is 8.45. The molecule has 1 fully saturated rings. The number of rotatable bonds is 5. The van der Waals surface area contributed by atoms with Crippen LogP contribution in [-0.2, 0) is 11.2 Å². The van der Waals surface area contributed by atoms with Crippen LogP contribution in [0.5, 0.6) is 0 Å². The van der Waals surface area contributed by atoms with Crippen molar-refractivity contribution in [1.29, 1.82) is 0 Å². The summed E-state index contributed by atoms with van der Waals surface area (Å²) in [4.78, 5) is 28.5. The summed E-state index contributed by atoms with van der Waals surface area (Å²) in [6.45, 7) is 6.89. The Hall–Kier alpha value is -1.84. The van der Waals surface area contributed by atoms with E-state index in [0.717, 1.165) is 30.4 Å². The Balaban J connectivity index is 1.85. The van der Waals surface area contributed by atoms with Crippen molar-refractivity contribution < 1.29 is 9.59 Å². The van der Waals surface area contributed by atoms with Crippen LogP contribution in [0.2, 0.25) is 0 Å². The van der Waals surface area contributed by atoms with Gasteiger partial charge in [0.1, 0.15) is 5.54 Å². The highest BCUT2D eigenvalue weighted by Gasteiger charge is 2.46. The van der Waals surface area contributed by atoms with Crippen LogP contribution in [-0.4, -0.2) is 34.8 Å². The highest BCUT2D eigenvalue weighted by atomic mass is 16.2. The molecule has 4 nitrogen and oxygen atoms in total. The fourth-order valence-corrected chi connectivity index (χ4v) is 4.42. The summed E-state index contributed by atoms with van der Waals surface area (Å²) in [5, 5.41) is 3.31. The van der Waals surface area contributed by atoms with E-state index in [1.807, 2.05) is 36.1 Å². The molecule has 0 spiro atoms. The monoisotopic (exact) mass is 370 g/mol. The lowest BCUT2D eigenvalue weighted by atomic mass is 9.82. The molecule has 0 unspecified atom stereocenters. The maximum Gasteiger partial charge on any atom is 0.255 e. The number of amides is 2. The zero-order valence-corrected chi connectivity index (χ0v) is 17.1. The molecule has 27 heavy (non-hydrogen) atoms. The number of benzene rings is 1. The molecule has 1 aliphatic carbocycles. The summed E-state index contributed by atoms with van der Waals surface area (Å²) in [6.07, 6.45) is 8.48.